The second-order valence-electron chi connectivity index (χ2n) is 4.62. The number of fused-ring (bicyclic) bond motifs is 1. The number of benzene rings is 1. The summed E-state index contributed by atoms with van der Waals surface area (Å²) in [7, 11) is 0. The van der Waals surface area contributed by atoms with Crippen LogP contribution in [0.4, 0.5) is 0 Å². The average Bonchev–Trinajstić information content (AvgIpc) is 2.78. The van der Waals surface area contributed by atoms with Gasteiger partial charge in [0, 0.05) is 16.9 Å². The van der Waals surface area contributed by atoms with Gasteiger partial charge in [-0.15, -0.1) is 0 Å². The molecule has 98 valence electrons. The fraction of sp³-hybridized carbons (Fsp3) is 0.500. The van der Waals surface area contributed by atoms with E-state index in [0.717, 1.165) is 30.7 Å². The van der Waals surface area contributed by atoms with E-state index in [1.165, 1.54) is 0 Å². The largest absolute Gasteiger partial charge is 0.492 e. The van der Waals surface area contributed by atoms with Crippen LogP contribution in [0.1, 0.15) is 31.2 Å². The molecule has 1 aliphatic rings. The van der Waals surface area contributed by atoms with Gasteiger partial charge in [-0.2, -0.15) is 0 Å². The van der Waals surface area contributed by atoms with Crippen molar-refractivity contribution in [3.05, 3.63) is 29.8 Å². The van der Waals surface area contributed by atoms with Crippen molar-refractivity contribution >= 4 is 21.8 Å². The first-order chi connectivity index (χ1) is 8.68. The molecular weight excluding hydrogens is 294 g/mol. The van der Waals surface area contributed by atoms with Crippen molar-refractivity contribution in [2.75, 3.05) is 13.2 Å². The van der Waals surface area contributed by atoms with Crippen molar-refractivity contribution < 1.29 is 9.53 Å². The quantitative estimate of drug-likeness (QED) is 0.671. The van der Waals surface area contributed by atoms with Gasteiger partial charge in [-0.25, -0.2) is 0 Å². The van der Waals surface area contributed by atoms with Crippen molar-refractivity contribution in [2.24, 2.45) is 0 Å². The predicted molar refractivity (Wildman–Crippen MR) is 75.3 cm³/mol. The molecule has 1 heterocycles. The van der Waals surface area contributed by atoms with Gasteiger partial charge in [-0.3, -0.25) is 4.79 Å². The van der Waals surface area contributed by atoms with Crippen LogP contribution in [-0.4, -0.2) is 23.9 Å². The minimum atomic E-state index is -0.150. The summed E-state index contributed by atoms with van der Waals surface area (Å²) in [5.41, 5.74) is 1.00. The van der Waals surface area contributed by atoms with Gasteiger partial charge in [0.05, 0.1) is 0 Å². The Morgan fingerprint density at radius 2 is 2.33 bits per heavy atom. The van der Waals surface area contributed by atoms with Crippen molar-refractivity contribution in [3.8, 4) is 5.75 Å². The molecule has 1 aromatic carbocycles. The molecule has 2 atom stereocenters. The molecule has 0 fully saturated rings. The first kappa shape index (κ1) is 13.4. The average molecular weight is 312 g/mol. The number of rotatable bonds is 5. The van der Waals surface area contributed by atoms with Gasteiger partial charge in [0.15, 0.2) is 0 Å². The summed E-state index contributed by atoms with van der Waals surface area (Å²) in [6, 6.07) is 7.75. The number of carbonyl (C=O) groups is 1. The van der Waals surface area contributed by atoms with Crippen LogP contribution in [0.25, 0.3) is 0 Å². The number of halogens is 1. The highest BCUT2D eigenvalue weighted by Gasteiger charge is 2.29. The molecule has 1 aliphatic heterocycles. The second kappa shape index (κ2) is 6.23. The molecule has 1 N–H and O–H groups in total. The topological polar surface area (TPSA) is 38.3 Å². The van der Waals surface area contributed by atoms with Gasteiger partial charge in [-0.05, 0) is 18.9 Å². The van der Waals surface area contributed by atoms with Crippen LogP contribution < -0.4 is 10.1 Å². The van der Waals surface area contributed by atoms with E-state index in [9.17, 15) is 4.79 Å². The molecule has 0 radical (unpaired) electrons. The number of hydrogen-bond donors (Lipinski definition) is 1. The van der Waals surface area contributed by atoms with Gasteiger partial charge in [0.1, 0.15) is 18.3 Å². The van der Waals surface area contributed by atoms with Crippen LogP contribution in [-0.2, 0) is 4.79 Å². The first-order valence-corrected chi connectivity index (χ1v) is 7.23. The van der Waals surface area contributed by atoms with E-state index in [1.807, 2.05) is 24.3 Å². The van der Waals surface area contributed by atoms with Crippen LogP contribution in [0.3, 0.4) is 0 Å². The molecule has 0 saturated heterocycles. The van der Waals surface area contributed by atoms with E-state index >= 15 is 0 Å². The fourth-order valence-corrected chi connectivity index (χ4v) is 2.42. The SMILES string of the molecule is CC(Br)CCCNC(=O)C1COc2ccccc21. The van der Waals surface area contributed by atoms with Crippen molar-refractivity contribution in [1.82, 2.24) is 5.32 Å². The van der Waals surface area contributed by atoms with E-state index in [1.54, 1.807) is 0 Å². The standard InChI is InChI=1S/C14H18BrNO2/c1-10(15)5-4-8-16-14(17)12-9-18-13-7-3-2-6-11(12)13/h2-3,6-7,10,12H,4-5,8-9H2,1H3,(H,16,17). The molecular formula is C14H18BrNO2. The van der Waals surface area contributed by atoms with Crippen LogP contribution in [0.15, 0.2) is 24.3 Å². The van der Waals surface area contributed by atoms with E-state index < -0.39 is 0 Å². The lowest BCUT2D eigenvalue weighted by Gasteiger charge is -2.10. The first-order valence-electron chi connectivity index (χ1n) is 6.32. The van der Waals surface area contributed by atoms with Crippen molar-refractivity contribution in [1.29, 1.82) is 0 Å². The maximum absolute atomic E-state index is 12.0. The number of nitrogens with one attached hydrogen (secondary N) is 1. The number of ether oxygens (including phenoxy) is 1. The van der Waals surface area contributed by atoms with Gasteiger partial charge >= 0.3 is 0 Å². The third kappa shape index (κ3) is 3.25. The molecule has 2 unspecified atom stereocenters. The Hall–Kier alpha value is -1.03. The van der Waals surface area contributed by atoms with Crippen LogP contribution in [0.5, 0.6) is 5.75 Å². The summed E-state index contributed by atoms with van der Waals surface area (Å²) < 4.78 is 5.51. The zero-order valence-electron chi connectivity index (χ0n) is 10.5. The van der Waals surface area contributed by atoms with E-state index in [4.69, 9.17) is 4.74 Å². The third-order valence-electron chi connectivity index (χ3n) is 3.09. The number of alkyl halides is 1. The molecule has 2 rings (SSSR count). The smallest absolute Gasteiger partial charge is 0.231 e. The molecule has 1 aromatic rings. The lowest BCUT2D eigenvalue weighted by Crippen LogP contribution is -2.31. The molecule has 0 bridgehead atoms. The number of hydrogen-bond acceptors (Lipinski definition) is 2. The molecule has 0 aromatic heterocycles. The van der Waals surface area contributed by atoms with E-state index in [2.05, 4.69) is 28.2 Å². The Labute approximate surface area is 116 Å². The molecule has 4 heteroatoms. The molecule has 0 saturated carbocycles. The number of para-hydroxylation sites is 1. The van der Waals surface area contributed by atoms with Crippen LogP contribution in [0, 0.1) is 0 Å². The van der Waals surface area contributed by atoms with Gasteiger partial charge < -0.3 is 10.1 Å². The summed E-state index contributed by atoms with van der Waals surface area (Å²) in [6.07, 6.45) is 2.06. The van der Waals surface area contributed by atoms with E-state index in [0.29, 0.717) is 11.4 Å². The van der Waals surface area contributed by atoms with Crippen molar-refractivity contribution in [2.45, 2.75) is 30.5 Å². The van der Waals surface area contributed by atoms with Crippen LogP contribution >= 0.6 is 15.9 Å². The fourth-order valence-electron chi connectivity index (χ4n) is 2.10. The molecule has 1 amide bonds. The molecule has 0 spiro atoms. The highest BCUT2D eigenvalue weighted by molar-refractivity contribution is 9.09. The Morgan fingerprint density at radius 3 is 3.11 bits per heavy atom. The summed E-state index contributed by atoms with van der Waals surface area (Å²) >= 11 is 3.50. The normalized spacial score (nSPS) is 18.9. The van der Waals surface area contributed by atoms with E-state index in [-0.39, 0.29) is 11.8 Å². The lowest BCUT2D eigenvalue weighted by molar-refractivity contribution is -0.122. The zero-order chi connectivity index (χ0) is 13.0. The molecule has 18 heavy (non-hydrogen) atoms. The summed E-state index contributed by atoms with van der Waals surface area (Å²) in [4.78, 5) is 12.6. The molecule has 3 nitrogen and oxygen atoms in total. The minimum absolute atomic E-state index is 0.0715. The third-order valence-corrected chi connectivity index (χ3v) is 3.55. The predicted octanol–water partition coefficient (Wildman–Crippen LogP) is 2.84. The Kier molecular flexibility index (Phi) is 4.64. The lowest BCUT2D eigenvalue weighted by atomic mass is 10.0. The number of amides is 1. The monoisotopic (exact) mass is 311 g/mol. The highest BCUT2D eigenvalue weighted by atomic mass is 79.9. The Balaban J connectivity index is 1.84. The zero-order valence-corrected chi connectivity index (χ0v) is 12.1. The van der Waals surface area contributed by atoms with Gasteiger partial charge in [0.2, 0.25) is 5.91 Å². The minimum Gasteiger partial charge on any atom is -0.492 e. The maximum Gasteiger partial charge on any atom is 0.231 e. The van der Waals surface area contributed by atoms with Gasteiger partial charge in [0.25, 0.3) is 0 Å². The number of carbonyl (C=O) groups excluding carboxylic acids is 1. The summed E-state index contributed by atoms with van der Waals surface area (Å²) in [5, 5.41) is 2.98. The Morgan fingerprint density at radius 1 is 1.56 bits per heavy atom. The van der Waals surface area contributed by atoms with Crippen molar-refractivity contribution in [3.63, 3.8) is 0 Å². The Bertz CT molecular complexity index is 420. The highest BCUT2D eigenvalue weighted by Crippen LogP contribution is 2.33. The molecule has 0 aliphatic carbocycles. The summed E-state index contributed by atoms with van der Waals surface area (Å²) in [5.74, 6) is 0.761. The van der Waals surface area contributed by atoms with Gasteiger partial charge in [-0.1, -0.05) is 41.1 Å². The maximum atomic E-state index is 12.0. The second-order valence-corrected chi connectivity index (χ2v) is 6.18. The summed E-state index contributed by atoms with van der Waals surface area (Å²) in [6.45, 7) is 3.30. The van der Waals surface area contributed by atoms with Crippen LogP contribution in [0.2, 0.25) is 0 Å².